The Morgan fingerprint density at radius 2 is 1.91 bits per heavy atom. The molecule has 0 saturated carbocycles. The van der Waals surface area contributed by atoms with Crippen LogP contribution >= 0.6 is 11.6 Å². The lowest BCUT2D eigenvalue weighted by Gasteiger charge is -2.27. The molecule has 0 aliphatic rings. The predicted octanol–water partition coefficient (Wildman–Crippen LogP) is 3.04. The number of rotatable bonds is 4. The fraction of sp³-hybridized carbons (Fsp3) is 0.529. The second kappa shape index (κ2) is 7.68. The molecule has 23 heavy (non-hydrogen) atoms. The molecule has 0 N–H and O–H groups in total. The van der Waals surface area contributed by atoms with Gasteiger partial charge in [-0.25, -0.2) is 4.79 Å². The van der Waals surface area contributed by atoms with Crippen molar-refractivity contribution in [2.75, 3.05) is 20.7 Å². The average molecular weight is 342 g/mol. The minimum absolute atomic E-state index is 0.131. The van der Waals surface area contributed by atoms with Gasteiger partial charge in [0.2, 0.25) is 0 Å². The van der Waals surface area contributed by atoms with Crippen molar-refractivity contribution < 1.29 is 19.1 Å². The fourth-order valence-electron chi connectivity index (χ4n) is 2.16. The van der Waals surface area contributed by atoms with E-state index in [0.717, 1.165) is 5.56 Å². The Morgan fingerprint density at radius 1 is 1.30 bits per heavy atom. The van der Waals surface area contributed by atoms with Gasteiger partial charge in [0.25, 0.3) is 0 Å². The molecule has 0 saturated heterocycles. The van der Waals surface area contributed by atoms with E-state index >= 15 is 0 Å². The van der Waals surface area contributed by atoms with Crippen molar-refractivity contribution >= 4 is 23.5 Å². The van der Waals surface area contributed by atoms with Crippen molar-refractivity contribution in [1.29, 1.82) is 0 Å². The number of carbonyl (C=O) groups excluding carboxylic acids is 2. The summed E-state index contributed by atoms with van der Waals surface area (Å²) in [5.41, 5.74) is 0.854. The van der Waals surface area contributed by atoms with Gasteiger partial charge in [0.1, 0.15) is 11.9 Å². The fourth-order valence-corrected chi connectivity index (χ4v) is 2.33. The molecule has 1 aromatic rings. The first kappa shape index (κ1) is 19.3. The molecule has 1 unspecified atom stereocenters. The van der Waals surface area contributed by atoms with Gasteiger partial charge in [-0.05, 0) is 30.5 Å². The van der Waals surface area contributed by atoms with Crippen molar-refractivity contribution in [2.24, 2.45) is 0 Å². The standard InChI is InChI=1S/C17H24ClNO4/c1-11(10-19(5)15(20)16(21)22-6)23-14-8-7-12(18)9-13(14)17(2,3)4/h7-9,11H,10H2,1-6H3. The molecule has 128 valence electrons. The highest BCUT2D eigenvalue weighted by atomic mass is 35.5. The van der Waals surface area contributed by atoms with Crippen LogP contribution in [0.2, 0.25) is 5.02 Å². The number of hydrogen-bond donors (Lipinski definition) is 0. The Balaban J connectivity index is 2.84. The topological polar surface area (TPSA) is 55.8 Å². The van der Waals surface area contributed by atoms with Gasteiger partial charge in [-0.2, -0.15) is 0 Å². The molecular weight excluding hydrogens is 318 g/mol. The largest absolute Gasteiger partial charge is 0.489 e. The molecule has 0 aliphatic heterocycles. The van der Waals surface area contributed by atoms with Gasteiger partial charge in [-0.15, -0.1) is 0 Å². The highest BCUT2D eigenvalue weighted by Gasteiger charge is 2.23. The number of ether oxygens (including phenoxy) is 2. The monoisotopic (exact) mass is 341 g/mol. The zero-order valence-corrected chi connectivity index (χ0v) is 15.2. The Kier molecular flexibility index (Phi) is 6.45. The Morgan fingerprint density at radius 3 is 2.43 bits per heavy atom. The third-order valence-corrected chi connectivity index (χ3v) is 3.55. The van der Waals surface area contributed by atoms with Gasteiger partial charge in [0.05, 0.1) is 13.7 Å². The van der Waals surface area contributed by atoms with E-state index in [-0.39, 0.29) is 18.1 Å². The lowest BCUT2D eigenvalue weighted by atomic mass is 9.86. The quantitative estimate of drug-likeness (QED) is 0.624. The van der Waals surface area contributed by atoms with E-state index < -0.39 is 11.9 Å². The molecule has 0 fully saturated rings. The van der Waals surface area contributed by atoms with Crippen LogP contribution in [-0.4, -0.2) is 43.6 Å². The molecule has 1 rings (SSSR count). The summed E-state index contributed by atoms with van der Waals surface area (Å²) in [5, 5.41) is 0.646. The van der Waals surface area contributed by atoms with Gasteiger partial charge in [0.15, 0.2) is 0 Å². The lowest BCUT2D eigenvalue weighted by Crippen LogP contribution is -2.40. The number of amides is 1. The van der Waals surface area contributed by atoms with Crippen LogP contribution in [0.4, 0.5) is 0 Å². The van der Waals surface area contributed by atoms with Gasteiger partial charge in [-0.3, -0.25) is 4.79 Å². The molecular formula is C17H24ClNO4. The Bertz CT molecular complexity index is 580. The summed E-state index contributed by atoms with van der Waals surface area (Å²) in [7, 11) is 2.71. The summed E-state index contributed by atoms with van der Waals surface area (Å²) in [6.45, 7) is 8.32. The Hall–Kier alpha value is -1.75. The van der Waals surface area contributed by atoms with Crippen molar-refractivity contribution in [3.8, 4) is 5.75 Å². The first-order chi connectivity index (χ1) is 10.6. The van der Waals surface area contributed by atoms with Crippen LogP contribution in [0.1, 0.15) is 33.3 Å². The molecule has 0 aromatic heterocycles. The zero-order valence-electron chi connectivity index (χ0n) is 14.5. The number of carbonyl (C=O) groups is 2. The summed E-state index contributed by atoms with van der Waals surface area (Å²) in [5.74, 6) is -0.870. The molecule has 1 aromatic carbocycles. The van der Waals surface area contributed by atoms with Crippen molar-refractivity contribution in [1.82, 2.24) is 4.90 Å². The SMILES string of the molecule is COC(=O)C(=O)N(C)CC(C)Oc1ccc(Cl)cc1C(C)(C)C. The van der Waals surface area contributed by atoms with Gasteiger partial charge < -0.3 is 14.4 Å². The van der Waals surface area contributed by atoms with E-state index in [1.807, 2.05) is 19.1 Å². The summed E-state index contributed by atoms with van der Waals surface area (Å²) in [6, 6.07) is 5.47. The number of esters is 1. The molecule has 1 atom stereocenters. The summed E-state index contributed by atoms with van der Waals surface area (Å²) in [4.78, 5) is 24.2. The van der Waals surface area contributed by atoms with Crippen LogP contribution in [0.3, 0.4) is 0 Å². The molecule has 0 bridgehead atoms. The highest BCUT2D eigenvalue weighted by molar-refractivity contribution is 6.32. The van der Waals surface area contributed by atoms with E-state index in [1.54, 1.807) is 6.07 Å². The third-order valence-electron chi connectivity index (χ3n) is 3.32. The Labute approximate surface area is 142 Å². The van der Waals surface area contributed by atoms with E-state index in [2.05, 4.69) is 25.5 Å². The second-order valence-corrected chi connectivity index (χ2v) is 6.93. The summed E-state index contributed by atoms with van der Waals surface area (Å²) >= 11 is 6.08. The number of methoxy groups -OCH3 is 1. The summed E-state index contributed by atoms with van der Waals surface area (Å²) < 4.78 is 10.4. The number of likely N-dealkylation sites (N-methyl/N-ethyl adjacent to an activating group) is 1. The maximum absolute atomic E-state index is 11.7. The van der Waals surface area contributed by atoms with Crippen LogP contribution in [-0.2, 0) is 19.7 Å². The minimum atomic E-state index is -0.887. The number of nitrogens with zero attached hydrogens (tertiary/aromatic N) is 1. The number of halogens is 1. The smallest absolute Gasteiger partial charge is 0.396 e. The van der Waals surface area contributed by atoms with Crippen molar-refractivity contribution in [3.05, 3.63) is 28.8 Å². The van der Waals surface area contributed by atoms with E-state index in [4.69, 9.17) is 16.3 Å². The van der Waals surface area contributed by atoms with Gasteiger partial charge in [-0.1, -0.05) is 32.4 Å². The maximum Gasteiger partial charge on any atom is 0.396 e. The van der Waals surface area contributed by atoms with E-state index in [1.165, 1.54) is 19.1 Å². The molecule has 0 radical (unpaired) electrons. The molecule has 5 nitrogen and oxygen atoms in total. The zero-order chi connectivity index (χ0) is 17.8. The van der Waals surface area contributed by atoms with Crippen LogP contribution < -0.4 is 4.74 Å². The second-order valence-electron chi connectivity index (χ2n) is 6.50. The van der Waals surface area contributed by atoms with E-state index in [0.29, 0.717) is 10.8 Å². The van der Waals surface area contributed by atoms with Gasteiger partial charge >= 0.3 is 11.9 Å². The molecule has 0 heterocycles. The average Bonchev–Trinajstić information content (AvgIpc) is 2.46. The normalized spacial score (nSPS) is 12.5. The summed E-state index contributed by atoms with van der Waals surface area (Å²) in [6.07, 6.45) is -0.295. The van der Waals surface area contributed by atoms with Crippen LogP contribution in [0.15, 0.2) is 18.2 Å². The molecule has 6 heteroatoms. The van der Waals surface area contributed by atoms with Gasteiger partial charge in [0, 0.05) is 17.6 Å². The first-order valence-corrected chi connectivity index (χ1v) is 7.74. The molecule has 0 aliphatic carbocycles. The van der Waals surface area contributed by atoms with Crippen LogP contribution in [0.5, 0.6) is 5.75 Å². The van der Waals surface area contributed by atoms with Crippen molar-refractivity contribution in [2.45, 2.75) is 39.2 Å². The highest BCUT2D eigenvalue weighted by Crippen LogP contribution is 2.34. The van der Waals surface area contributed by atoms with Crippen LogP contribution in [0, 0.1) is 0 Å². The number of benzene rings is 1. The predicted molar refractivity (Wildman–Crippen MR) is 89.9 cm³/mol. The molecule has 1 amide bonds. The maximum atomic E-state index is 11.7. The van der Waals surface area contributed by atoms with Crippen LogP contribution in [0.25, 0.3) is 0 Å². The first-order valence-electron chi connectivity index (χ1n) is 7.36. The lowest BCUT2D eigenvalue weighted by molar-refractivity contribution is -0.157. The van der Waals surface area contributed by atoms with Crippen molar-refractivity contribution in [3.63, 3.8) is 0 Å². The van der Waals surface area contributed by atoms with E-state index in [9.17, 15) is 9.59 Å². The molecule has 0 spiro atoms. The third kappa shape index (κ3) is 5.43. The minimum Gasteiger partial charge on any atom is -0.489 e. The number of hydrogen-bond acceptors (Lipinski definition) is 4.